The summed E-state index contributed by atoms with van der Waals surface area (Å²) in [6.07, 6.45) is -0.312. The number of benzene rings is 2. The van der Waals surface area contributed by atoms with Gasteiger partial charge in [-0.1, -0.05) is 18.2 Å². The monoisotopic (exact) mass is 438 g/mol. The quantitative estimate of drug-likeness (QED) is 0.764. The van der Waals surface area contributed by atoms with Crippen LogP contribution in [0, 0.1) is 5.92 Å². The number of methoxy groups -OCH3 is 1. The lowest BCUT2D eigenvalue weighted by Crippen LogP contribution is -2.35. The van der Waals surface area contributed by atoms with Gasteiger partial charge in [-0.15, -0.1) is 0 Å². The molecule has 0 aromatic heterocycles. The Bertz CT molecular complexity index is 996. The molecule has 0 saturated carbocycles. The van der Waals surface area contributed by atoms with Gasteiger partial charge in [-0.2, -0.15) is 0 Å². The van der Waals surface area contributed by atoms with Crippen LogP contribution in [0.2, 0.25) is 0 Å². The Balaban J connectivity index is 1.50. The van der Waals surface area contributed by atoms with E-state index in [-0.39, 0.29) is 23.8 Å². The van der Waals surface area contributed by atoms with E-state index in [2.05, 4.69) is 5.32 Å². The van der Waals surface area contributed by atoms with E-state index < -0.39 is 5.60 Å². The van der Waals surface area contributed by atoms with Gasteiger partial charge < -0.3 is 24.4 Å². The van der Waals surface area contributed by atoms with E-state index in [0.29, 0.717) is 37.6 Å². The zero-order valence-corrected chi connectivity index (χ0v) is 19.0. The molecule has 7 heteroatoms. The molecule has 1 fully saturated rings. The van der Waals surface area contributed by atoms with Gasteiger partial charge >= 0.3 is 6.09 Å². The van der Waals surface area contributed by atoms with Gasteiger partial charge in [0.2, 0.25) is 0 Å². The van der Waals surface area contributed by atoms with Crippen LogP contribution in [0.5, 0.6) is 11.5 Å². The van der Waals surface area contributed by atoms with E-state index in [1.807, 2.05) is 57.2 Å². The summed E-state index contributed by atoms with van der Waals surface area (Å²) in [4.78, 5) is 26.4. The van der Waals surface area contributed by atoms with Crippen molar-refractivity contribution in [3.63, 3.8) is 0 Å². The average Bonchev–Trinajstić information content (AvgIpc) is 3.35. The van der Waals surface area contributed by atoms with Crippen LogP contribution in [0.3, 0.4) is 0 Å². The minimum Gasteiger partial charge on any atom is -0.497 e. The summed E-state index contributed by atoms with van der Waals surface area (Å²) in [5.41, 5.74) is 2.22. The van der Waals surface area contributed by atoms with E-state index in [1.165, 1.54) is 0 Å². The van der Waals surface area contributed by atoms with Gasteiger partial charge in [0.25, 0.3) is 5.91 Å². The fraction of sp³-hybridized carbons (Fsp3) is 0.440. The van der Waals surface area contributed by atoms with Gasteiger partial charge in [-0.05, 0) is 56.2 Å². The van der Waals surface area contributed by atoms with Crippen molar-refractivity contribution >= 4 is 12.0 Å². The highest BCUT2D eigenvalue weighted by Gasteiger charge is 2.38. The van der Waals surface area contributed by atoms with Crippen LogP contribution in [0.1, 0.15) is 48.2 Å². The van der Waals surface area contributed by atoms with Gasteiger partial charge in [-0.25, -0.2) is 4.79 Å². The first kappa shape index (κ1) is 22.0. The van der Waals surface area contributed by atoms with Crippen molar-refractivity contribution in [2.75, 3.05) is 26.8 Å². The second-order valence-corrected chi connectivity index (χ2v) is 9.34. The molecule has 0 spiro atoms. The number of carbonyl (C=O) groups excluding carboxylic acids is 2. The molecule has 0 radical (unpaired) electrons. The molecule has 2 heterocycles. The van der Waals surface area contributed by atoms with E-state index in [4.69, 9.17) is 14.2 Å². The minimum absolute atomic E-state index is 0.0708. The topological polar surface area (TPSA) is 77.1 Å². The Morgan fingerprint density at radius 1 is 1.09 bits per heavy atom. The molecule has 0 aliphatic carbocycles. The number of ether oxygens (including phenoxy) is 3. The molecule has 7 nitrogen and oxygen atoms in total. The molecule has 0 unspecified atom stereocenters. The van der Waals surface area contributed by atoms with E-state index >= 15 is 0 Å². The number of hydrogen-bond donors (Lipinski definition) is 1. The Morgan fingerprint density at radius 2 is 1.81 bits per heavy atom. The van der Waals surface area contributed by atoms with Gasteiger partial charge in [0.15, 0.2) is 0 Å². The van der Waals surface area contributed by atoms with Gasteiger partial charge in [0.1, 0.15) is 17.1 Å². The number of nitrogens with zero attached hydrogens (tertiary/aromatic N) is 1. The molecule has 2 aliphatic rings. The predicted molar refractivity (Wildman–Crippen MR) is 120 cm³/mol. The lowest BCUT2D eigenvalue weighted by molar-refractivity contribution is 0.0283. The molecule has 1 N–H and O–H groups in total. The molecule has 2 atom stereocenters. The molecule has 2 aromatic carbocycles. The Kier molecular flexibility index (Phi) is 6.00. The maximum Gasteiger partial charge on any atom is 0.410 e. The standard InChI is InChI=1S/C25H30N2O5/c1-25(2,3)32-24(29)27-13-18(22(14-27)16-5-8-19(30-4)9-6-16)15-31-20-10-7-17-12-26-23(28)21(17)11-20/h5-11,18,22H,12-15H2,1-4H3,(H,26,28)/t18-,22+/m1/s1. The summed E-state index contributed by atoms with van der Waals surface area (Å²) >= 11 is 0. The Hall–Kier alpha value is -3.22. The van der Waals surface area contributed by atoms with Crippen molar-refractivity contribution in [2.45, 2.75) is 38.8 Å². The lowest BCUT2D eigenvalue weighted by Gasteiger charge is -2.24. The molecule has 2 aromatic rings. The van der Waals surface area contributed by atoms with Crippen LogP contribution in [0.25, 0.3) is 0 Å². The molecule has 4 rings (SSSR count). The van der Waals surface area contributed by atoms with Crippen LogP contribution in [0.4, 0.5) is 4.79 Å². The van der Waals surface area contributed by atoms with Crippen LogP contribution in [-0.4, -0.2) is 49.3 Å². The Labute approximate surface area is 188 Å². The molecule has 170 valence electrons. The fourth-order valence-corrected chi connectivity index (χ4v) is 4.23. The van der Waals surface area contributed by atoms with E-state index in [9.17, 15) is 9.59 Å². The number of likely N-dealkylation sites (tertiary alicyclic amines) is 1. The van der Waals surface area contributed by atoms with Crippen LogP contribution < -0.4 is 14.8 Å². The summed E-state index contributed by atoms with van der Waals surface area (Å²) in [6, 6.07) is 13.5. The van der Waals surface area contributed by atoms with Crippen molar-refractivity contribution in [3.8, 4) is 11.5 Å². The summed E-state index contributed by atoms with van der Waals surface area (Å²) in [7, 11) is 1.64. The summed E-state index contributed by atoms with van der Waals surface area (Å²) in [5.74, 6) is 1.56. The number of amides is 2. The SMILES string of the molecule is COc1ccc([C@@H]2CN(C(=O)OC(C)(C)C)C[C@@H]2COc2ccc3c(c2)C(=O)NC3)cc1. The maximum absolute atomic E-state index is 12.7. The molecule has 32 heavy (non-hydrogen) atoms. The third kappa shape index (κ3) is 4.82. The number of hydrogen-bond acceptors (Lipinski definition) is 5. The maximum atomic E-state index is 12.7. The molecular weight excluding hydrogens is 408 g/mol. The molecule has 0 bridgehead atoms. The molecule has 2 amide bonds. The molecular formula is C25H30N2O5. The summed E-state index contributed by atoms with van der Waals surface area (Å²) in [6.45, 7) is 7.68. The second-order valence-electron chi connectivity index (χ2n) is 9.34. The number of rotatable bonds is 5. The predicted octanol–water partition coefficient (Wildman–Crippen LogP) is 3.97. The highest BCUT2D eigenvalue weighted by Crippen LogP contribution is 2.35. The first-order valence-electron chi connectivity index (χ1n) is 10.9. The number of fused-ring (bicyclic) bond motifs is 1. The van der Waals surface area contributed by atoms with Gasteiger partial charge in [0.05, 0.1) is 13.7 Å². The van der Waals surface area contributed by atoms with Crippen molar-refractivity contribution in [3.05, 3.63) is 59.2 Å². The third-order valence-corrected chi connectivity index (χ3v) is 5.87. The molecule has 2 aliphatic heterocycles. The largest absolute Gasteiger partial charge is 0.497 e. The van der Waals surface area contributed by atoms with Crippen molar-refractivity contribution < 1.29 is 23.8 Å². The van der Waals surface area contributed by atoms with Crippen molar-refractivity contribution in [1.82, 2.24) is 10.2 Å². The number of carbonyl (C=O) groups is 2. The summed E-state index contributed by atoms with van der Waals surface area (Å²) < 4.78 is 17.0. The highest BCUT2D eigenvalue weighted by atomic mass is 16.6. The van der Waals surface area contributed by atoms with Gasteiger partial charge in [-0.3, -0.25) is 4.79 Å². The third-order valence-electron chi connectivity index (χ3n) is 5.87. The normalized spacial score (nSPS) is 20.0. The van der Waals surface area contributed by atoms with Crippen LogP contribution in [0.15, 0.2) is 42.5 Å². The second kappa shape index (κ2) is 8.73. The van der Waals surface area contributed by atoms with Gasteiger partial charge in [0, 0.05) is 37.0 Å². The van der Waals surface area contributed by atoms with Crippen molar-refractivity contribution in [2.24, 2.45) is 5.92 Å². The first-order valence-corrected chi connectivity index (χ1v) is 10.9. The van der Waals surface area contributed by atoms with Crippen molar-refractivity contribution in [1.29, 1.82) is 0 Å². The molecule has 1 saturated heterocycles. The zero-order valence-electron chi connectivity index (χ0n) is 19.0. The van der Waals surface area contributed by atoms with Crippen LogP contribution >= 0.6 is 0 Å². The van der Waals surface area contributed by atoms with E-state index in [0.717, 1.165) is 16.9 Å². The van der Waals surface area contributed by atoms with E-state index in [1.54, 1.807) is 18.1 Å². The Morgan fingerprint density at radius 3 is 2.50 bits per heavy atom. The highest BCUT2D eigenvalue weighted by molar-refractivity contribution is 5.98. The first-order chi connectivity index (χ1) is 15.2. The number of nitrogens with one attached hydrogen (secondary N) is 1. The fourth-order valence-electron chi connectivity index (χ4n) is 4.23. The average molecular weight is 439 g/mol. The van der Waals surface area contributed by atoms with Crippen LogP contribution in [-0.2, 0) is 11.3 Å². The lowest BCUT2D eigenvalue weighted by atomic mass is 9.89. The zero-order chi connectivity index (χ0) is 22.9. The summed E-state index contributed by atoms with van der Waals surface area (Å²) in [5, 5.41) is 2.82. The smallest absolute Gasteiger partial charge is 0.410 e. The minimum atomic E-state index is -0.549.